The van der Waals surface area contributed by atoms with Gasteiger partial charge in [-0.2, -0.15) is 0 Å². The van der Waals surface area contributed by atoms with Crippen LogP contribution >= 0.6 is 0 Å². The van der Waals surface area contributed by atoms with Crippen LogP contribution in [-0.2, 0) is 10.8 Å². The molecule has 2 aliphatic carbocycles. The third kappa shape index (κ3) is 6.97. The van der Waals surface area contributed by atoms with E-state index >= 15 is 0 Å². The average molecular weight is 1270 g/mol. The summed E-state index contributed by atoms with van der Waals surface area (Å²) >= 11 is 0. The summed E-state index contributed by atoms with van der Waals surface area (Å²) < 4.78 is 5.17. The molecule has 2 aliphatic heterocycles. The number of aromatic nitrogens is 5. The van der Waals surface area contributed by atoms with Crippen molar-refractivity contribution in [2.75, 3.05) is 0 Å². The molecular formula is C95H55N5. The van der Waals surface area contributed by atoms with Crippen molar-refractivity contribution in [1.82, 2.24) is 24.1 Å². The van der Waals surface area contributed by atoms with Gasteiger partial charge in [-0.25, -0.2) is 9.97 Å². The van der Waals surface area contributed by atoms with Gasteiger partial charge < -0.3 is 9.13 Å². The van der Waals surface area contributed by atoms with E-state index < -0.39 is 10.8 Å². The van der Waals surface area contributed by atoms with Crippen molar-refractivity contribution >= 4 is 76.3 Å². The molecule has 5 heteroatoms. The lowest BCUT2D eigenvalue weighted by atomic mass is 9.64. The van der Waals surface area contributed by atoms with Crippen LogP contribution in [-0.4, -0.2) is 24.1 Å². The Morgan fingerprint density at radius 2 is 0.790 bits per heavy atom. The Balaban J connectivity index is 0.753. The molecule has 4 aliphatic rings. The van der Waals surface area contributed by atoms with Gasteiger partial charge in [0.15, 0.2) is 0 Å². The lowest BCUT2D eigenvalue weighted by Gasteiger charge is -2.40. The van der Waals surface area contributed by atoms with E-state index in [-0.39, 0.29) is 0 Å². The highest BCUT2D eigenvalue weighted by Crippen LogP contribution is 2.65. The highest BCUT2D eigenvalue weighted by Gasteiger charge is 2.53. The van der Waals surface area contributed by atoms with E-state index in [0.717, 1.165) is 71.9 Å². The largest absolute Gasteiger partial charge is 0.309 e. The first-order chi connectivity index (χ1) is 49.6. The molecule has 0 saturated heterocycles. The Hall–Kier alpha value is -13.1. The Morgan fingerprint density at radius 1 is 0.250 bits per heavy atom. The molecule has 460 valence electrons. The summed E-state index contributed by atoms with van der Waals surface area (Å²) in [7, 11) is 0. The lowest BCUT2D eigenvalue weighted by Crippen LogP contribution is -2.33. The van der Waals surface area contributed by atoms with Crippen LogP contribution in [0.25, 0.3) is 166 Å². The number of nitrogens with zero attached hydrogens (tertiary/aromatic N) is 5. The molecule has 5 aromatic heterocycles. The van der Waals surface area contributed by atoms with Crippen LogP contribution in [0.5, 0.6) is 0 Å². The van der Waals surface area contributed by atoms with Gasteiger partial charge in [0.05, 0.1) is 72.2 Å². The fourth-order valence-corrected chi connectivity index (χ4v) is 18.8. The van der Waals surface area contributed by atoms with Crippen molar-refractivity contribution in [2.45, 2.75) is 10.8 Å². The summed E-state index contributed by atoms with van der Waals surface area (Å²) in [5.41, 5.74) is 35.1. The fourth-order valence-electron chi connectivity index (χ4n) is 18.8. The average Bonchev–Trinajstić information content (AvgIpc) is 1.48. The second-order valence-corrected chi connectivity index (χ2v) is 27.6. The van der Waals surface area contributed by atoms with Gasteiger partial charge in [-0.15, -0.1) is 0 Å². The number of fused-ring (bicyclic) bond motifs is 28. The monoisotopic (exact) mass is 1270 g/mol. The number of hydrogen-bond acceptors (Lipinski definition) is 3. The molecule has 0 N–H and O–H groups in total. The van der Waals surface area contributed by atoms with Crippen LogP contribution in [0.1, 0.15) is 44.5 Å². The van der Waals surface area contributed by atoms with E-state index in [1.165, 1.54) is 138 Å². The van der Waals surface area contributed by atoms with Crippen molar-refractivity contribution < 1.29 is 0 Å². The minimum absolute atomic E-state index is 0.656. The Bertz CT molecular complexity index is 6820. The third-order valence-corrected chi connectivity index (χ3v) is 22.9. The third-order valence-electron chi connectivity index (χ3n) is 22.9. The van der Waals surface area contributed by atoms with Gasteiger partial charge in [0.2, 0.25) is 0 Å². The topological polar surface area (TPSA) is 48.5 Å². The first kappa shape index (κ1) is 54.1. The second-order valence-electron chi connectivity index (χ2n) is 27.6. The van der Waals surface area contributed by atoms with Gasteiger partial charge in [0.1, 0.15) is 0 Å². The molecule has 0 amide bonds. The summed E-state index contributed by atoms with van der Waals surface area (Å²) in [5.74, 6) is 0. The van der Waals surface area contributed by atoms with Crippen molar-refractivity contribution in [2.24, 2.45) is 0 Å². The molecule has 0 bridgehead atoms. The van der Waals surface area contributed by atoms with Crippen molar-refractivity contribution in [3.05, 3.63) is 378 Å². The van der Waals surface area contributed by atoms with Gasteiger partial charge in [-0.05, 0) is 179 Å². The summed E-state index contributed by atoms with van der Waals surface area (Å²) in [6, 6.07) is 123. The van der Waals surface area contributed by atoms with Crippen LogP contribution in [0.15, 0.2) is 334 Å². The Kier molecular flexibility index (Phi) is 10.7. The van der Waals surface area contributed by atoms with Crippen LogP contribution in [0.2, 0.25) is 0 Å². The molecule has 0 radical (unpaired) electrons. The van der Waals surface area contributed by atoms with Gasteiger partial charge in [-0.1, -0.05) is 249 Å². The zero-order valence-corrected chi connectivity index (χ0v) is 54.0. The zero-order chi connectivity index (χ0) is 65.1. The summed E-state index contributed by atoms with van der Waals surface area (Å²) in [5, 5.41) is 8.24. The van der Waals surface area contributed by atoms with Crippen LogP contribution in [0.3, 0.4) is 0 Å². The van der Waals surface area contributed by atoms with E-state index in [1.54, 1.807) is 0 Å². The van der Waals surface area contributed by atoms with E-state index in [1.807, 2.05) is 12.3 Å². The van der Waals surface area contributed by atoms with Gasteiger partial charge in [-0.3, -0.25) is 4.98 Å². The molecule has 7 heterocycles. The molecular weight excluding hydrogens is 1210 g/mol. The highest BCUT2D eigenvalue weighted by molar-refractivity contribution is 6.20. The van der Waals surface area contributed by atoms with Crippen LogP contribution in [0.4, 0.5) is 0 Å². The first-order valence-electron chi connectivity index (χ1n) is 34.6. The molecule has 2 spiro atoms. The van der Waals surface area contributed by atoms with E-state index in [0.29, 0.717) is 0 Å². The Morgan fingerprint density at radius 3 is 1.59 bits per heavy atom. The molecule has 1 atom stereocenters. The summed E-state index contributed by atoms with van der Waals surface area (Å²) in [6.45, 7) is 0. The molecule has 5 nitrogen and oxygen atoms in total. The quantitative estimate of drug-likeness (QED) is 0.161. The minimum Gasteiger partial charge on any atom is -0.309 e. The standard InChI is InChI=1S/C95H55N5/c1-11-30-82-57(17-1)41-47-83(97-82)58-36-34-56(35-37-58)62-43-49-88-80(53-62)94(74-26-7-2-21-67(74)68-22-3-8-27-75(68)94)78-46-45-66(89-72-25-6-13-32-86(72)100(88)93(78)89)63-40-44-70-69-23-4-9-28-76(69)95(79(70)54-63)77-29-10-14-33-87(77)99-85-31-12-5-24-71(85)73-52-65(55-81(95)92(73)99)61-18-15-19-64(51-61)84-48-42-60-39-38-59-20-16-50-96-90(59)91(60)98-84/h1-55H. The summed E-state index contributed by atoms with van der Waals surface area (Å²) in [4.78, 5) is 15.3. The number of hydrogen-bond donors (Lipinski definition) is 0. The fraction of sp³-hybridized carbons (Fsp3) is 0.0211. The number of pyridine rings is 3. The smallest absolute Gasteiger partial charge is 0.0972 e. The van der Waals surface area contributed by atoms with E-state index in [9.17, 15) is 0 Å². The molecule has 23 rings (SSSR count). The maximum absolute atomic E-state index is 5.37. The SMILES string of the molecule is c1cc(-c2cc3c4c(c2)c2ccccc2n4-c2ccccc2C32c3ccccc3-c3ccc(-c4ccc5c6c4c4ccccc4n6-c4ccc(-c6ccc(-c7ccc8ccccc8n7)cc6)cc4C54c5ccccc5-c5ccccc54)cc32)cc(-c2ccc3ccc4cccnc4c3n2)c1. The minimum atomic E-state index is -0.729. The molecule has 100 heavy (non-hydrogen) atoms. The first-order valence-corrected chi connectivity index (χ1v) is 34.6. The normalized spacial score (nSPS) is 14.7. The molecule has 0 fully saturated rings. The molecule has 0 saturated carbocycles. The molecule has 19 aromatic rings. The number of benzene rings is 14. The highest BCUT2D eigenvalue weighted by atomic mass is 15.0. The van der Waals surface area contributed by atoms with E-state index in [4.69, 9.17) is 15.0 Å². The summed E-state index contributed by atoms with van der Waals surface area (Å²) in [6.07, 6.45) is 1.86. The lowest BCUT2D eigenvalue weighted by molar-refractivity contribution is 0.748. The van der Waals surface area contributed by atoms with Gasteiger partial charge >= 0.3 is 0 Å². The number of rotatable bonds is 5. The van der Waals surface area contributed by atoms with Gasteiger partial charge in [0, 0.05) is 55.0 Å². The predicted octanol–water partition coefficient (Wildman–Crippen LogP) is 23.2. The van der Waals surface area contributed by atoms with E-state index in [2.05, 4.69) is 331 Å². The second kappa shape index (κ2) is 19.8. The van der Waals surface area contributed by atoms with Crippen LogP contribution < -0.4 is 0 Å². The van der Waals surface area contributed by atoms with Crippen molar-refractivity contribution in [3.8, 4) is 89.5 Å². The Labute approximate surface area is 575 Å². The number of para-hydroxylation sites is 4. The maximum Gasteiger partial charge on any atom is 0.0972 e. The van der Waals surface area contributed by atoms with Gasteiger partial charge in [0.25, 0.3) is 0 Å². The molecule has 1 unspecified atom stereocenters. The maximum atomic E-state index is 5.37. The van der Waals surface area contributed by atoms with Crippen molar-refractivity contribution in [3.63, 3.8) is 0 Å². The van der Waals surface area contributed by atoms with Crippen molar-refractivity contribution in [1.29, 1.82) is 0 Å². The molecule has 14 aromatic carbocycles. The predicted molar refractivity (Wildman–Crippen MR) is 410 cm³/mol. The zero-order valence-electron chi connectivity index (χ0n) is 54.0. The van der Waals surface area contributed by atoms with Crippen LogP contribution in [0, 0.1) is 0 Å².